The van der Waals surface area contributed by atoms with Gasteiger partial charge in [0.2, 0.25) is 11.8 Å². The van der Waals surface area contributed by atoms with Gasteiger partial charge >= 0.3 is 0 Å². The number of para-hydroxylation sites is 1. The van der Waals surface area contributed by atoms with E-state index < -0.39 is 23.6 Å². The molecular formula is C40H26N4O6. The topological polar surface area (TPSA) is 142 Å². The number of hydrogen-bond acceptors (Lipinski definition) is 6. The molecule has 0 saturated heterocycles. The number of benzene rings is 5. The Hall–Kier alpha value is -7.20. The van der Waals surface area contributed by atoms with Gasteiger partial charge in [0, 0.05) is 23.5 Å². The van der Waals surface area contributed by atoms with Gasteiger partial charge in [-0.05, 0) is 95.1 Å². The molecule has 0 saturated carbocycles. The number of carbonyl (C=O) groups excluding carboxylic acids is 6. The van der Waals surface area contributed by atoms with Crippen LogP contribution in [0.25, 0.3) is 23.3 Å². The number of rotatable bonds is 8. The third-order valence-electron chi connectivity index (χ3n) is 8.18. The molecule has 0 aromatic heterocycles. The first-order valence-electron chi connectivity index (χ1n) is 15.5. The summed E-state index contributed by atoms with van der Waals surface area (Å²) in [7, 11) is 0. The Bertz CT molecular complexity index is 2290. The van der Waals surface area contributed by atoms with E-state index in [9.17, 15) is 28.8 Å². The fourth-order valence-electron chi connectivity index (χ4n) is 5.65. The van der Waals surface area contributed by atoms with E-state index in [0.29, 0.717) is 28.2 Å². The molecule has 10 nitrogen and oxygen atoms in total. The Kier molecular flexibility index (Phi) is 8.25. The molecule has 0 radical (unpaired) electrons. The number of nitrogens with zero attached hydrogens (tertiary/aromatic N) is 1. The van der Waals surface area contributed by atoms with Crippen LogP contribution in [0.15, 0.2) is 127 Å². The third-order valence-corrected chi connectivity index (χ3v) is 8.18. The van der Waals surface area contributed by atoms with Gasteiger partial charge in [0.1, 0.15) is 0 Å². The molecule has 0 bridgehead atoms. The molecule has 242 valence electrons. The molecule has 10 heteroatoms. The van der Waals surface area contributed by atoms with Gasteiger partial charge in [0.25, 0.3) is 23.6 Å². The summed E-state index contributed by atoms with van der Waals surface area (Å²) >= 11 is 0. The number of carbonyl (C=O) groups is 6. The number of anilines is 3. The minimum absolute atomic E-state index is 0.216. The average Bonchev–Trinajstić information content (AvgIpc) is 3.56. The van der Waals surface area contributed by atoms with Crippen molar-refractivity contribution in [3.8, 4) is 11.1 Å². The van der Waals surface area contributed by atoms with Gasteiger partial charge in [0.05, 0.1) is 27.9 Å². The van der Waals surface area contributed by atoms with Crippen molar-refractivity contribution in [1.82, 2.24) is 5.32 Å². The van der Waals surface area contributed by atoms with Gasteiger partial charge in [-0.1, -0.05) is 54.6 Å². The quantitative estimate of drug-likeness (QED) is 0.131. The second-order valence-corrected chi connectivity index (χ2v) is 11.5. The lowest BCUT2D eigenvalue weighted by Crippen LogP contribution is -2.29. The standard InChI is InChI=1S/C40H26N4O6/c45-35(41-28-4-2-1-3-5-28)20-10-24-6-8-25(9-7-24)11-21-36(46)42-29-14-16-30(17-15-29)44-39(49)32-19-13-27(23-34(32)40(44)50)26-12-18-31-33(22-26)38(48)43-37(31)47/h1-23H,(H,41,45)(H,42,46)(H,43,47,48)/b20-10+,21-11+. The highest BCUT2D eigenvalue weighted by Crippen LogP contribution is 2.33. The highest BCUT2D eigenvalue weighted by atomic mass is 16.2. The number of amides is 6. The smallest absolute Gasteiger partial charge is 0.266 e. The molecule has 0 fully saturated rings. The SMILES string of the molecule is O=C(/C=C/c1ccc(/C=C/C(=O)Nc2ccc(N3C(=O)c4ccc(-c5ccc6c(c5)C(=O)NC6=O)cc4C3=O)cc2)cc1)Nc1ccccc1. The predicted molar refractivity (Wildman–Crippen MR) is 189 cm³/mol. The van der Waals surface area contributed by atoms with E-state index in [-0.39, 0.29) is 34.1 Å². The number of fused-ring (bicyclic) bond motifs is 2. The van der Waals surface area contributed by atoms with E-state index in [1.165, 1.54) is 12.2 Å². The maximum absolute atomic E-state index is 13.4. The molecule has 50 heavy (non-hydrogen) atoms. The van der Waals surface area contributed by atoms with Gasteiger partial charge in [-0.15, -0.1) is 0 Å². The van der Waals surface area contributed by atoms with E-state index in [4.69, 9.17) is 0 Å². The van der Waals surface area contributed by atoms with Crippen LogP contribution >= 0.6 is 0 Å². The Labute approximate surface area is 285 Å². The van der Waals surface area contributed by atoms with Gasteiger partial charge in [0.15, 0.2) is 0 Å². The highest BCUT2D eigenvalue weighted by molar-refractivity contribution is 6.34. The van der Waals surface area contributed by atoms with Crippen LogP contribution in [0.4, 0.5) is 17.1 Å². The molecule has 2 aliphatic heterocycles. The first-order chi connectivity index (χ1) is 24.2. The average molecular weight is 659 g/mol. The first-order valence-corrected chi connectivity index (χ1v) is 15.5. The maximum Gasteiger partial charge on any atom is 0.266 e. The van der Waals surface area contributed by atoms with Gasteiger partial charge in [-0.25, -0.2) is 4.90 Å². The predicted octanol–water partition coefficient (Wildman–Crippen LogP) is 6.34. The maximum atomic E-state index is 13.4. The zero-order valence-electron chi connectivity index (χ0n) is 26.2. The molecule has 2 aliphatic rings. The molecule has 0 unspecified atom stereocenters. The normalized spacial score (nSPS) is 13.5. The van der Waals surface area contributed by atoms with E-state index in [2.05, 4.69) is 16.0 Å². The van der Waals surface area contributed by atoms with Crippen LogP contribution in [0.5, 0.6) is 0 Å². The largest absolute Gasteiger partial charge is 0.323 e. The molecular weight excluding hydrogens is 632 g/mol. The Balaban J connectivity index is 0.962. The Morgan fingerprint density at radius 3 is 1.62 bits per heavy atom. The van der Waals surface area contributed by atoms with Crippen LogP contribution in [0.2, 0.25) is 0 Å². The summed E-state index contributed by atoms with van der Waals surface area (Å²) in [5.74, 6) is -2.54. The minimum atomic E-state index is -0.502. The minimum Gasteiger partial charge on any atom is -0.323 e. The van der Waals surface area contributed by atoms with E-state index in [1.807, 2.05) is 42.5 Å². The lowest BCUT2D eigenvalue weighted by atomic mass is 9.97. The third kappa shape index (κ3) is 6.36. The highest BCUT2D eigenvalue weighted by Gasteiger charge is 2.37. The summed E-state index contributed by atoms with van der Waals surface area (Å²) < 4.78 is 0. The van der Waals surface area contributed by atoms with Crippen molar-refractivity contribution in [2.45, 2.75) is 0 Å². The summed E-state index contributed by atoms with van der Waals surface area (Å²) in [6.45, 7) is 0. The van der Waals surface area contributed by atoms with Crippen molar-refractivity contribution in [1.29, 1.82) is 0 Å². The summed E-state index contributed by atoms with van der Waals surface area (Å²) in [4.78, 5) is 76.5. The van der Waals surface area contributed by atoms with Crippen LogP contribution in [-0.2, 0) is 9.59 Å². The molecule has 6 amide bonds. The molecule has 5 aromatic carbocycles. The number of hydrogen-bond donors (Lipinski definition) is 3. The number of nitrogens with one attached hydrogen (secondary N) is 3. The first kappa shape index (κ1) is 31.4. The molecule has 3 N–H and O–H groups in total. The van der Waals surface area contributed by atoms with Gasteiger partial charge in [-0.2, -0.15) is 0 Å². The molecule has 5 aromatic rings. The summed E-state index contributed by atoms with van der Waals surface area (Å²) in [6, 6.07) is 32.5. The molecule has 2 heterocycles. The van der Waals surface area contributed by atoms with Crippen molar-refractivity contribution in [2.75, 3.05) is 15.5 Å². The molecule has 7 rings (SSSR count). The van der Waals surface area contributed by atoms with Crippen LogP contribution in [-0.4, -0.2) is 35.4 Å². The van der Waals surface area contributed by atoms with E-state index >= 15 is 0 Å². The zero-order valence-corrected chi connectivity index (χ0v) is 26.2. The fourth-order valence-corrected chi connectivity index (χ4v) is 5.65. The summed E-state index contributed by atoms with van der Waals surface area (Å²) in [5.41, 5.74) is 5.36. The zero-order chi connectivity index (χ0) is 34.8. The summed E-state index contributed by atoms with van der Waals surface area (Å²) in [5, 5.41) is 7.81. The van der Waals surface area contributed by atoms with Crippen molar-refractivity contribution >= 4 is 64.7 Å². The fraction of sp³-hybridized carbons (Fsp3) is 0. The Morgan fingerprint density at radius 2 is 1.02 bits per heavy atom. The van der Waals surface area contributed by atoms with Crippen LogP contribution in [0, 0.1) is 0 Å². The van der Waals surface area contributed by atoms with E-state index in [0.717, 1.165) is 16.0 Å². The molecule has 0 atom stereocenters. The van der Waals surface area contributed by atoms with Crippen molar-refractivity contribution in [3.63, 3.8) is 0 Å². The van der Waals surface area contributed by atoms with Crippen molar-refractivity contribution < 1.29 is 28.8 Å². The van der Waals surface area contributed by atoms with Crippen LogP contribution in [0.3, 0.4) is 0 Å². The monoisotopic (exact) mass is 658 g/mol. The van der Waals surface area contributed by atoms with E-state index in [1.54, 1.807) is 84.9 Å². The van der Waals surface area contributed by atoms with Gasteiger partial charge < -0.3 is 10.6 Å². The molecule has 0 spiro atoms. The Morgan fingerprint density at radius 1 is 0.520 bits per heavy atom. The summed E-state index contributed by atoms with van der Waals surface area (Å²) in [6.07, 6.45) is 6.19. The lowest BCUT2D eigenvalue weighted by molar-refractivity contribution is -0.112. The van der Waals surface area contributed by atoms with Gasteiger partial charge in [-0.3, -0.25) is 34.1 Å². The molecule has 0 aliphatic carbocycles. The second-order valence-electron chi connectivity index (χ2n) is 11.5. The van der Waals surface area contributed by atoms with Crippen LogP contribution in [0.1, 0.15) is 52.6 Å². The van der Waals surface area contributed by atoms with Crippen molar-refractivity contribution in [3.05, 3.63) is 161 Å². The second kappa shape index (κ2) is 13.1. The van der Waals surface area contributed by atoms with Crippen LogP contribution < -0.4 is 20.9 Å². The van der Waals surface area contributed by atoms with Crippen molar-refractivity contribution in [2.24, 2.45) is 0 Å². The number of imide groups is 2. The lowest BCUT2D eigenvalue weighted by Gasteiger charge is -2.14.